The highest BCUT2D eigenvalue weighted by molar-refractivity contribution is 5.69. The molecule has 1 saturated heterocycles. The first-order valence-corrected chi connectivity index (χ1v) is 9.71. The second-order valence-electron chi connectivity index (χ2n) is 8.22. The molecule has 6 nitrogen and oxygen atoms in total. The zero-order valence-electron chi connectivity index (χ0n) is 16.6. The molecule has 2 aromatic rings. The summed E-state index contributed by atoms with van der Waals surface area (Å²) in [6.45, 7) is 7.65. The fourth-order valence-corrected chi connectivity index (χ4v) is 3.45. The Balaban J connectivity index is 1.61. The first-order chi connectivity index (χ1) is 12.8. The van der Waals surface area contributed by atoms with Crippen LogP contribution in [0.1, 0.15) is 70.3 Å². The van der Waals surface area contributed by atoms with Crippen LogP contribution in [0.4, 0.5) is 4.79 Å². The lowest BCUT2D eigenvalue weighted by Gasteiger charge is -2.29. The predicted octanol–water partition coefficient (Wildman–Crippen LogP) is 4.71. The second-order valence-corrected chi connectivity index (χ2v) is 8.22. The van der Waals surface area contributed by atoms with E-state index in [0.717, 1.165) is 32.1 Å². The zero-order valence-corrected chi connectivity index (χ0v) is 16.6. The van der Waals surface area contributed by atoms with Crippen molar-refractivity contribution in [1.29, 1.82) is 0 Å². The van der Waals surface area contributed by atoms with Crippen LogP contribution in [0.2, 0.25) is 0 Å². The molecule has 27 heavy (non-hydrogen) atoms. The zero-order chi connectivity index (χ0) is 19.4. The number of carbonyl (C=O) groups excluding carboxylic acids is 1. The Bertz CT molecular complexity index is 752. The van der Waals surface area contributed by atoms with Crippen LogP contribution in [0.25, 0.3) is 0 Å². The highest BCUT2D eigenvalue weighted by atomic mass is 16.6. The topological polar surface area (TPSA) is 68.5 Å². The highest BCUT2D eigenvalue weighted by Crippen LogP contribution is 2.36. The van der Waals surface area contributed by atoms with Crippen molar-refractivity contribution in [2.24, 2.45) is 0 Å². The van der Waals surface area contributed by atoms with Crippen molar-refractivity contribution in [2.45, 2.75) is 77.5 Å². The molecule has 0 saturated carbocycles. The largest absolute Gasteiger partial charge is 0.444 e. The van der Waals surface area contributed by atoms with Gasteiger partial charge in [0.05, 0.1) is 0 Å². The molecule has 1 amide bonds. The van der Waals surface area contributed by atoms with E-state index in [1.807, 2.05) is 45.9 Å². The molecule has 0 radical (unpaired) electrons. The molecule has 1 fully saturated rings. The average Bonchev–Trinajstić information content (AvgIpc) is 3.21. The Hall–Kier alpha value is -2.37. The Labute approximate surface area is 160 Å². The van der Waals surface area contributed by atoms with Gasteiger partial charge in [-0.2, -0.15) is 4.98 Å². The van der Waals surface area contributed by atoms with Gasteiger partial charge in [-0.3, -0.25) is 4.90 Å². The van der Waals surface area contributed by atoms with Crippen LogP contribution in [0.3, 0.4) is 0 Å². The van der Waals surface area contributed by atoms with Gasteiger partial charge in [0.1, 0.15) is 11.6 Å². The van der Waals surface area contributed by atoms with Crippen molar-refractivity contribution in [3.8, 4) is 0 Å². The monoisotopic (exact) mass is 371 g/mol. The molecule has 146 valence electrons. The number of aromatic nitrogens is 2. The molecule has 0 bridgehead atoms. The van der Waals surface area contributed by atoms with Gasteiger partial charge in [0.15, 0.2) is 5.82 Å². The summed E-state index contributed by atoms with van der Waals surface area (Å²) < 4.78 is 11.1. The number of likely N-dealkylation sites (tertiary alicyclic amines) is 1. The quantitative estimate of drug-likeness (QED) is 0.761. The van der Waals surface area contributed by atoms with Crippen molar-refractivity contribution in [3.05, 3.63) is 47.6 Å². The summed E-state index contributed by atoms with van der Waals surface area (Å²) in [6, 6.07) is 10.3. The Kier molecular flexibility index (Phi) is 5.82. The summed E-state index contributed by atoms with van der Waals surface area (Å²) in [4.78, 5) is 18.9. The lowest BCUT2D eigenvalue weighted by molar-refractivity contribution is 0.0130. The number of carbonyl (C=O) groups is 1. The van der Waals surface area contributed by atoms with Gasteiger partial charge in [-0.1, -0.05) is 35.5 Å². The molecule has 0 N–H and O–H groups in total. The predicted molar refractivity (Wildman–Crippen MR) is 102 cm³/mol. The summed E-state index contributed by atoms with van der Waals surface area (Å²) >= 11 is 0. The van der Waals surface area contributed by atoms with E-state index in [1.165, 1.54) is 5.56 Å². The van der Waals surface area contributed by atoms with Gasteiger partial charge in [0.25, 0.3) is 0 Å². The number of amides is 1. The molecule has 0 unspecified atom stereocenters. The van der Waals surface area contributed by atoms with Crippen LogP contribution in [0.15, 0.2) is 34.9 Å². The van der Waals surface area contributed by atoms with E-state index in [2.05, 4.69) is 22.3 Å². The molecule has 1 aromatic carbocycles. The highest BCUT2D eigenvalue weighted by Gasteiger charge is 2.40. The van der Waals surface area contributed by atoms with Crippen molar-refractivity contribution >= 4 is 6.09 Å². The Morgan fingerprint density at radius 3 is 2.67 bits per heavy atom. The van der Waals surface area contributed by atoms with E-state index >= 15 is 0 Å². The maximum absolute atomic E-state index is 12.6. The summed E-state index contributed by atoms with van der Waals surface area (Å²) in [7, 11) is 0. The van der Waals surface area contributed by atoms with E-state index in [4.69, 9.17) is 9.26 Å². The molecule has 0 spiro atoms. The van der Waals surface area contributed by atoms with Crippen LogP contribution in [0, 0.1) is 0 Å². The molecule has 0 aliphatic carbocycles. The standard InChI is InChI=1S/C21H29N3O3/c1-15-13-14-17(24(15)20(25)26-21(2,3)4)19-22-18(23-27-19)12-8-11-16-9-6-5-7-10-16/h5-7,9-10,15,17H,8,11-14H2,1-4H3/t15-,17+/m1/s1. The van der Waals surface area contributed by atoms with Crippen LogP contribution in [0.5, 0.6) is 0 Å². The summed E-state index contributed by atoms with van der Waals surface area (Å²) in [6.07, 6.45) is 4.09. The summed E-state index contributed by atoms with van der Waals surface area (Å²) in [5.74, 6) is 1.21. The minimum Gasteiger partial charge on any atom is -0.444 e. The number of hydrogen-bond acceptors (Lipinski definition) is 5. The Morgan fingerprint density at radius 1 is 1.22 bits per heavy atom. The van der Waals surface area contributed by atoms with Gasteiger partial charge in [-0.25, -0.2) is 4.79 Å². The molecule has 1 aliphatic rings. The molecule has 1 aliphatic heterocycles. The van der Waals surface area contributed by atoms with Crippen molar-refractivity contribution in [1.82, 2.24) is 15.0 Å². The van der Waals surface area contributed by atoms with Gasteiger partial charge in [0.2, 0.25) is 5.89 Å². The molecule has 1 aromatic heterocycles. The smallest absolute Gasteiger partial charge is 0.411 e. The average molecular weight is 371 g/mol. The molecular formula is C21H29N3O3. The number of benzene rings is 1. The SMILES string of the molecule is C[C@@H]1CC[C@@H](c2nc(CCCc3ccccc3)no2)N1C(=O)OC(C)(C)C. The number of hydrogen-bond donors (Lipinski definition) is 0. The first kappa shape index (κ1) is 19.4. The lowest BCUT2D eigenvalue weighted by atomic mass is 10.1. The summed E-state index contributed by atoms with van der Waals surface area (Å²) in [5, 5.41) is 4.12. The fourth-order valence-electron chi connectivity index (χ4n) is 3.45. The van der Waals surface area contributed by atoms with Crippen LogP contribution in [-0.2, 0) is 17.6 Å². The van der Waals surface area contributed by atoms with Crippen molar-refractivity contribution < 1.29 is 14.1 Å². The van der Waals surface area contributed by atoms with Crippen molar-refractivity contribution in [3.63, 3.8) is 0 Å². The molecular weight excluding hydrogens is 342 g/mol. The first-order valence-electron chi connectivity index (χ1n) is 9.71. The van der Waals surface area contributed by atoms with E-state index in [-0.39, 0.29) is 18.2 Å². The number of nitrogens with zero attached hydrogens (tertiary/aromatic N) is 3. The van der Waals surface area contributed by atoms with Gasteiger partial charge >= 0.3 is 6.09 Å². The maximum Gasteiger partial charge on any atom is 0.411 e. The second kappa shape index (κ2) is 8.11. The summed E-state index contributed by atoms with van der Waals surface area (Å²) in [5.41, 5.74) is 0.781. The lowest BCUT2D eigenvalue weighted by Crippen LogP contribution is -2.40. The van der Waals surface area contributed by atoms with Crippen LogP contribution < -0.4 is 0 Å². The minimum absolute atomic E-state index is 0.0956. The van der Waals surface area contributed by atoms with Gasteiger partial charge in [-0.15, -0.1) is 0 Å². The molecule has 6 heteroatoms. The van der Waals surface area contributed by atoms with Gasteiger partial charge in [0, 0.05) is 12.5 Å². The Morgan fingerprint density at radius 2 is 1.96 bits per heavy atom. The third-order valence-electron chi connectivity index (χ3n) is 4.75. The molecule has 3 rings (SSSR count). The van der Waals surface area contributed by atoms with Gasteiger partial charge < -0.3 is 9.26 Å². The molecule has 2 heterocycles. The normalized spacial score (nSPS) is 20.1. The van der Waals surface area contributed by atoms with E-state index in [0.29, 0.717) is 11.7 Å². The minimum atomic E-state index is -0.526. The van der Waals surface area contributed by atoms with Crippen molar-refractivity contribution in [2.75, 3.05) is 0 Å². The van der Waals surface area contributed by atoms with Crippen LogP contribution in [-0.4, -0.2) is 32.8 Å². The van der Waals surface area contributed by atoms with Gasteiger partial charge in [-0.05, 0) is 58.9 Å². The number of rotatable bonds is 5. The van der Waals surface area contributed by atoms with Crippen LogP contribution >= 0.6 is 0 Å². The molecule has 2 atom stereocenters. The third kappa shape index (κ3) is 5.08. The maximum atomic E-state index is 12.6. The van der Waals surface area contributed by atoms with E-state index < -0.39 is 5.60 Å². The fraction of sp³-hybridized carbons (Fsp3) is 0.571. The number of ether oxygens (including phenoxy) is 1. The van der Waals surface area contributed by atoms with E-state index in [9.17, 15) is 4.79 Å². The van der Waals surface area contributed by atoms with E-state index in [1.54, 1.807) is 4.90 Å². The number of aryl methyl sites for hydroxylation is 2. The third-order valence-corrected chi connectivity index (χ3v) is 4.75.